The zero-order valence-corrected chi connectivity index (χ0v) is 9.26. The molecule has 2 rings (SSSR count). The van der Waals surface area contributed by atoms with Gasteiger partial charge in [-0.15, -0.1) is 0 Å². The Bertz CT molecular complexity index is 566. The Labute approximate surface area is 98.8 Å². The number of carbonyl (C=O) groups excluding carboxylic acids is 1. The van der Waals surface area contributed by atoms with Crippen LogP contribution < -0.4 is 11.5 Å². The molecular weight excluding hydrogens is 216 g/mol. The molecule has 5 N–H and O–H groups in total. The quantitative estimate of drug-likeness (QED) is 0.744. The van der Waals surface area contributed by atoms with Gasteiger partial charge in [0, 0.05) is 23.4 Å². The van der Waals surface area contributed by atoms with Crippen molar-refractivity contribution >= 4 is 16.7 Å². The average molecular weight is 230 g/mol. The molecule has 1 unspecified atom stereocenters. The molecule has 0 heterocycles. The average Bonchev–Trinajstić information content (AvgIpc) is 2.28. The third-order valence-corrected chi connectivity index (χ3v) is 2.75. The summed E-state index contributed by atoms with van der Waals surface area (Å²) in [5, 5.41) is 11.8. The van der Waals surface area contributed by atoms with E-state index in [0.29, 0.717) is 5.56 Å². The SMILES string of the molecule is NC(=O)CC(N)c1ccc2ccccc2c1O. The molecule has 0 saturated carbocycles. The molecule has 0 aliphatic heterocycles. The Morgan fingerprint density at radius 1 is 1.24 bits per heavy atom. The van der Waals surface area contributed by atoms with E-state index in [9.17, 15) is 9.90 Å². The fourth-order valence-corrected chi connectivity index (χ4v) is 1.90. The van der Waals surface area contributed by atoms with Crippen LogP contribution >= 0.6 is 0 Å². The molecule has 0 spiro atoms. The highest BCUT2D eigenvalue weighted by Gasteiger charge is 2.15. The van der Waals surface area contributed by atoms with Crippen molar-refractivity contribution in [3.8, 4) is 5.75 Å². The second kappa shape index (κ2) is 4.43. The molecule has 4 nitrogen and oxygen atoms in total. The van der Waals surface area contributed by atoms with E-state index in [1.807, 2.05) is 30.3 Å². The van der Waals surface area contributed by atoms with Crippen molar-refractivity contribution in [3.63, 3.8) is 0 Å². The van der Waals surface area contributed by atoms with Crippen molar-refractivity contribution in [3.05, 3.63) is 42.0 Å². The fraction of sp³-hybridized carbons (Fsp3) is 0.154. The number of carbonyl (C=O) groups is 1. The van der Waals surface area contributed by atoms with Crippen molar-refractivity contribution in [2.24, 2.45) is 11.5 Å². The van der Waals surface area contributed by atoms with E-state index < -0.39 is 11.9 Å². The van der Waals surface area contributed by atoms with Gasteiger partial charge in [0.05, 0.1) is 0 Å². The number of rotatable bonds is 3. The Morgan fingerprint density at radius 2 is 1.94 bits per heavy atom. The largest absolute Gasteiger partial charge is 0.507 e. The Morgan fingerprint density at radius 3 is 2.65 bits per heavy atom. The van der Waals surface area contributed by atoms with Crippen molar-refractivity contribution in [2.45, 2.75) is 12.5 Å². The van der Waals surface area contributed by atoms with Gasteiger partial charge in [0.1, 0.15) is 5.75 Å². The standard InChI is InChI=1S/C13H14N2O2/c14-11(7-12(15)16)10-6-5-8-3-1-2-4-9(8)13(10)17/h1-6,11,17H,7,14H2,(H2,15,16). The van der Waals surface area contributed by atoms with Crippen LogP contribution in [0, 0.1) is 0 Å². The molecule has 0 aliphatic rings. The number of nitrogens with two attached hydrogens (primary N) is 2. The van der Waals surface area contributed by atoms with Crippen molar-refractivity contribution < 1.29 is 9.90 Å². The first kappa shape index (κ1) is 11.4. The molecule has 2 aromatic rings. The normalized spacial score (nSPS) is 12.5. The van der Waals surface area contributed by atoms with Gasteiger partial charge in [0.2, 0.25) is 5.91 Å². The molecule has 1 amide bonds. The highest BCUT2D eigenvalue weighted by molar-refractivity contribution is 5.89. The summed E-state index contributed by atoms with van der Waals surface area (Å²) in [7, 11) is 0. The lowest BCUT2D eigenvalue weighted by atomic mass is 9.98. The highest BCUT2D eigenvalue weighted by atomic mass is 16.3. The summed E-state index contributed by atoms with van der Waals surface area (Å²) < 4.78 is 0. The maximum atomic E-state index is 10.8. The number of phenols is 1. The number of hydrogen-bond acceptors (Lipinski definition) is 3. The second-order valence-electron chi connectivity index (χ2n) is 4.00. The zero-order valence-electron chi connectivity index (χ0n) is 9.26. The van der Waals surface area contributed by atoms with E-state index >= 15 is 0 Å². The van der Waals surface area contributed by atoms with E-state index in [0.717, 1.165) is 10.8 Å². The third-order valence-electron chi connectivity index (χ3n) is 2.75. The lowest BCUT2D eigenvalue weighted by Gasteiger charge is -2.13. The summed E-state index contributed by atoms with van der Waals surface area (Å²) in [5.41, 5.74) is 11.5. The maximum absolute atomic E-state index is 10.8. The molecule has 1 atom stereocenters. The van der Waals surface area contributed by atoms with E-state index in [4.69, 9.17) is 11.5 Å². The van der Waals surface area contributed by atoms with Crippen molar-refractivity contribution in [2.75, 3.05) is 0 Å². The summed E-state index contributed by atoms with van der Waals surface area (Å²) >= 11 is 0. The van der Waals surface area contributed by atoms with Gasteiger partial charge in [-0.25, -0.2) is 0 Å². The topological polar surface area (TPSA) is 89.3 Å². The number of benzene rings is 2. The van der Waals surface area contributed by atoms with Gasteiger partial charge in [-0.05, 0) is 5.39 Å². The molecule has 88 valence electrons. The minimum Gasteiger partial charge on any atom is -0.507 e. The van der Waals surface area contributed by atoms with Crippen LogP contribution in [0.5, 0.6) is 5.75 Å². The van der Waals surface area contributed by atoms with E-state index in [1.165, 1.54) is 0 Å². The highest BCUT2D eigenvalue weighted by Crippen LogP contribution is 2.32. The molecule has 2 aromatic carbocycles. The van der Waals surface area contributed by atoms with E-state index in [1.54, 1.807) is 6.07 Å². The smallest absolute Gasteiger partial charge is 0.219 e. The lowest BCUT2D eigenvalue weighted by Crippen LogP contribution is -2.20. The number of phenolic OH excluding ortho intramolecular Hbond substituents is 1. The number of fused-ring (bicyclic) bond motifs is 1. The maximum Gasteiger partial charge on any atom is 0.219 e. The zero-order chi connectivity index (χ0) is 12.4. The van der Waals surface area contributed by atoms with Gasteiger partial charge >= 0.3 is 0 Å². The van der Waals surface area contributed by atoms with E-state index in [-0.39, 0.29) is 12.2 Å². The molecule has 0 radical (unpaired) electrons. The number of amides is 1. The predicted molar refractivity (Wildman–Crippen MR) is 66.4 cm³/mol. The van der Waals surface area contributed by atoms with Crippen molar-refractivity contribution in [1.82, 2.24) is 0 Å². The first-order chi connectivity index (χ1) is 8.09. The van der Waals surface area contributed by atoms with Crippen LogP contribution in [0.1, 0.15) is 18.0 Å². The monoisotopic (exact) mass is 230 g/mol. The first-order valence-corrected chi connectivity index (χ1v) is 5.34. The molecule has 0 saturated heterocycles. The molecule has 0 bridgehead atoms. The van der Waals surface area contributed by atoms with Gasteiger partial charge in [0.15, 0.2) is 0 Å². The van der Waals surface area contributed by atoms with Gasteiger partial charge in [-0.3, -0.25) is 4.79 Å². The van der Waals surface area contributed by atoms with Crippen LogP contribution in [0.15, 0.2) is 36.4 Å². The number of primary amides is 1. The number of hydrogen-bond donors (Lipinski definition) is 3. The van der Waals surface area contributed by atoms with Gasteiger partial charge in [-0.2, -0.15) is 0 Å². The molecule has 0 aromatic heterocycles. The van der Waals surface area contributed by atoms with Crippen LogP contribution in [0.2, 0.25) is 0 Å². The van der Waals surface area contributed by atoms with Crippen molar-refractivity contribution in [1.29, 1.82) is 0 Å². The second-order valence-corrected chi connectivity index (χ2v) is 4.00. The summed E-state index contributed by atoms with van der Waals surface area (Å²) in [5.74, 6) is -0.359. The minimum absolute atomic E-state index is 0.0197. The summed E-state index contributed by atoms with van der Waals surface area (Å²) in [6, 6.07) is 10.5. The van der Waals surface area contributed by atoms with Crippen LogP contribution in [0.3, 0.4) is 0 Å². The summed E-state index contributed by atoms with van der Waals surface area (Å²) in [6.45, 7) is 0. The molecule has 0 aliphatic carbocycles. The van der Waals surface area contributed by atoms with Gasteiger partial charge in [-0.1, -0.05) is 36.4 Å². The summed E-state index contributed by atoms with van der Waals surface area (Å²) in [6.07, 6.45) is 0.0197. The van der Waals surface area contributed by atoms with E-state index in [2.05, 4.69) is 0 Å². The first-order valence-electron chi connectivity index (χ1n) is 5.34. The Balaban J connectivity index is 2.48. The Hall–Kier alpha value is -2.07. The minimum atomic E-state index is -0.572. The van der Waals surface area contributed by atoms with Gasteiger partial charge in [0.25, 0.3) is 0 Å². The molecule has 4 heteroatoms. The number of aromatic hydroxyl groups is 1. The molecule has 0 fully saturated rings. The van der Waals surface area contributed by atoms with Crippen LogP contribution in [-0.4, -0.2) is 11.0 Å². The van der Waals surface area contributed by atoms with Gasteiger partial charge < -0.3 is 16.6 Å². The van der Waals surface area contributed by atoms with Crippen LogP contribution in [0.25, 0.3) is 10.8 Å². The molecule has 17 heavy (non-hydrogen) atoms. The van der Waals surface area contributed by atoms with Crippen LogP contribution in [-0.2, 0) is 4.79 Å². The predicted octanol–water partition coefficient (Wildman–Crippen LogP) is 1.42. The third kappa shape index (κ3) is 2.21. The Kier molecular flexibility index (Phi) is 2.97. The lowest BCUT2D eigenvalue weighted by molar-refractivity contribution is -0.118. The molecular formula is C13H14N2O2. The fourth-order valence-electron chi connectivity index (χ4n) is 1.90. The summed E-state index contributed by atoms with van der Waals surface area (Å²) in [4.78, 5) is 10.8. The van der Waals surface area contributed by atoms with Crippen LogP contribution in [0.4, 0.5) is 0 Å².